The lowest BCUT2D eigenvalue weighted by Crippen LogP contribution is -2.48. The number of methoxy groups -OCH3 is 2. The summed E-state index contributed by atoms with van der Waals surface area (Å²) in [5.74, 6) is -1.59. The highest BCUT2D eigenvalue weighted by atomic mass is 16.5. The highest BCUT2D eigenvalue weighted by molar-refractivity contribution is 6.22. The topological polar surface area (TPSA) is 111 Å². The number of hydrogen-bond donors (Lipinski definition) is 1. The molecule has 34 heavy (non-hydrogen) atoms. The molecule has 2 atom stereocenters. The molecule has 1 aliphatic heterocycles. The Bertz CT molecular complexity index is 1080. The van der Waals surface area contributed by atoms with E-state index in [1.807, 2.05) is 13.8 Å². The van der Waals surface area contributed by atoms with Crippen LogP contribution in [-0.2, 0) is 14.3 Å². The first-order valence-corrected chi connectivity index (χ1v) is 10.9. The second kappa shape index (κ2) is 10.4. The van der Waals surface area contributed by atoms with Crippen molar-refractivity contribution in [1.29, 1.82) is 0 Å². The van der Waals surface area contributed by atoms with E-state index in [9.17, 15) is 19.2 Å². The zero-order chi connectivity index (χ0) is 25.0. The van der Waals surface area contributed by atoms with Crippen LogP contribution < -0.4 is 14.8 Å². The molecule has 1 heterocycles. The van der Waals surface area contributed by atoms with Crippen LogP contribution in [0.3, 0.4) is 0 Å². The van der Waals surface area contributed by atoms with Crippen LogP contribution in [-0.4, -0.2) is 55.0 Å². The Morgan fingerprint density at radius 2 is 1.50 bits per heavy atom. The minimum atomic E-state index is -1.18. The van der Waals surface area contributed by atoms with Gasteiger partial charge in [0.2, 0.25) is 0 Å². The summed E-state index contributed by atoms with van der Waals surface area (Å²) in [5, 5.41) is 2.65. The van der Waals surface area contributed by atoms with Gasteiger partial charge in [0.15, 0.2) is 17.6 Å². The second-order valence-corrected chi connectivity index (χ2v) is 8.31. The second-order valence-electron chi connectivity index (χ2n) is 8.31. The maximum Gasteiger partial charge on any atom is 0.330 e. The average molecular weight is 469 g/mol. The van der Waals surface area contributed by atoms with E-state index in [4.69, 9.17) is 14.2 Å². The highest BCUT2D eigenvalue weighted by Crippen LogP contribution is 2.30. The molecule has 0 fully saturated rings. The third-order valence-electron chi connectivity index (χ3n) is 5.42. The molecule has 0 aliphatic carbocycles. The lowest BCUT2D eigenvalue weighted by molar-refractivity contribution is -0.157. The maximum absolute atomic E-state index is 13.1. The number of rotatable bonds is 9. The number of carbonyl (C=O) groups excluding carboxylic acids is 4. The van der Waals surface area contributed by atoms with Crippen molar-refractivity contribution in [2.75, 3.05) is 19.5 Å². The van der Waals surface area contributed by atoms with Crippen molar-refractivity contribution >= 4 is 29.4 Å². The number of anilines is 1. The summed E-state index contributed by atoms with van der Waals surface area (Å²) in [6.45, 7) is 5.15. The Morgan fingerprint density at radius 1 is 0.912 bits per heavy atom. The Balaban J connectivity index is 1.74. The molecule has 0 aromatic heterocycles. The zero-order valence-corrected chi connectivity index (χ0v) is 19.8. The van der Waals surface area contributed by atoms with Gasteiger partial charge in [-0.1, -0.05) is 26.0 Å². The van der Waals surface area contributed by atoms with Gasteiger partial charge in [0.25, 0.3) is 17.7 Å². The summed E-state index contributed by atoms with van der Waals surface area (Å²) in [6.07, 6.45) is -0.973. The van der Waals surface area contributed by atoms with Gasteiger partial charge >= 0.3 is 5.97 Å². The van der Waals surface area contributed by atoms with Crippen molar-refractivity contribution in [2.24, 2.45) is 5.92 Å². The number of hydrogen-bond acceptors (Lipinski definition) is 7. The summed E-state index contributed by atoms with van der Waals surface area (Å²) in [4.78, 5) is 52.5. The third-order valence-corrected chi connectivity index (χ3v) is 5.42. The number of carbonyl (C=O) groups is 4. The molecule has 1 aliphatic rings. The van der Waals surface area contributed by atoms with Gasteiger partial charge in [0.05, 0.1) is 25.3 Å². The molecule has 9 heteroatoms. The minimum absolute atomic E-state index is 0.0160. The predicted octanol–water partition coefficient (Wildman–Crippen LogP) is 3.28. The third kappa shape index (κ3) is 5.03. The smallest absolute Gasteiger partial charge is 0.330 e. The maximum atomic E-state index is 13.1. The predicted molar refractivity (Wildman–Crippen MR) is 124 cm³/mol. The van der Waals surface area contributed by atoms with E-state index >= 15 is 0 Å². The molecular formula is C25H28N2O7. The van der Waals surface area contributed by atoms with Crippen LogP contribution in [0.2, 0.25) is 0 Å². The number of nitrogens with zero attached hydrogens (tertiary/aromatic N) is 1. The quantitative estimate of drug-likeness (QED) is 0.444. The molecule has 0 radical (unpaired) electrons. The van der Waals surface area contributed by atoms with Crippen LogP contribution in [0.25, 0.3) is 0 Å². The van der Waals surface area contributed by atoms with Gasteiger partial charge in [-0.05, 0) is 43.5 Å². The number of imide groups is 1. The first kappa shape index (κ1) is 24.8. The number of fused-ring (bicyclic) bond motifs is 1. The molecule has 2 aromatic carbocycles. The van der Waals surface area contributed by atoms with Crippen LogP contribution in [0.4, 0.5) is 5.69 Å². The van der Waals surface area contributed by atoms with Crippen molar-refractivity contribution in [3.8, 4) is 11.5 Å². The number of nitrogens with one attached hydrogen (secondary N) is 1. The molecule has 2 aromatic rings. The molecule has 1 N–H and O–H groups in total. The highest BCUT2D eigenvalue weighted by Gasteiger charge is 2.44. The molecule has 0 bridgehead atoms. The Kier molecular flexibility index (Phi) is 7.55. The van der Waals surface area contributed by atoms with Crippen LogP contribution in [0.5, 0.6) is 11.5 Å². The number of amides is 3. The Morgan fingerprint density at radius 3 is 2.03 bits per heavy atom. The fraction of sp³-hybridized carbons (Fsp3) is 0.360. The summed E-state index contributed by atoms with van der Waals surface area (Å²) >= 11 is 0. The van der Waals surface area contributed by atoms with Gasteiger partial charge in [0.1, 0.15) is 6.04 Å². The van der Waals surface area contributed by atoms with E-state index in [1.165, 1.54) is 21.1 Å². The van der Waals surface area contributed by atoms with Gasteiger partial charge in [0, 0.05) is 11.8 Å². The fourth-order valence-corrected chi connectivity index (χ4v) is 3.71. The number of benzene rings is 2. The molecule has 3 rings (SSSR count). The molecule has 0 saturated carbocycles. The molecule has 2 unspecified atom stereocenters. The first-order chi connectivity index (χ1) is 16.2. The van der Waals surface area contributed by atoms with Crippen molar-refractivity contribution in [2.45, 2.75) is 39.3 Å². The van der Waals surface area contributed by atoms with Gasteiger partial charge < -0.3 is 19.5 Å². The zero-order valence-electron chi connectivity index (χ0n) is 19.8. The number of esters is 1. The van der Waals surface area contributed by atoms with Crippen LogP contribution in [0.15, 0.2) is 42.5 Å². The minimum Gasteiger partial charge on any atom is -0.493 e. The van der Waals surface area contributed by atoms with Crippen molar-refractivity contribution in [1.82, 2.24) is 4.90 Å². The standard InChI is InChI=1S/C25H28N2O7/c1-14(2)12-19(27-23(29)17-8-6-7-9-18(17)24(27)30)25(31)34-15(3)22(28)26-16-10-11-20(32-4)21(13-16)33-5/h6-11,13-15,19H,12H2,1-5H3,(H,26,28). The van der Waals surface area contributed by atoms with Gasteiger partial charge in [-0.25, -0.2) is 4.79 Å². The van der Waals surface area contributed by atoms with E-state index in [2.05, 4.69) is 5.32 Å². The number of ether oxygens (including phenoxy) is 3. The lowest BCUT2D eigenvalue weighted by atomic mass is 10.0. The first-order valence-electron chi connectivity index (χ1n) is 10.9. The lowest BCUT2D eigenvalue weighted by Gasteiger charge is -2.27. The van der Waals surface area contributed by atoms with E-state index in [-0.39, 0.29) is 23.5 Å². The molecule has 180 valence electrons. The van der Waals surface area contributed by atoms with Crippen molar-refractivity contribution < 1.29 is 33.4 Å². The van der Waals surface area contributed by atoms with Crippen LogP contribution in [0.1, 0.15) is 47.9 Å². The van der Waals surface area contributed by atoms with Crippen molar-refractivity contribution in [3.63, 3.8) is 0 Å². The molecule has 0 spiro atoms. The SMILES string of the molecule is COc1ccc(NC(=O)C(C)OC(=O)C(CC(C)C)N2C(=O)c3ccccc3C2=O)cc1OC. The normalized spacial score (nSPS) is 14.5. The van der Waals surface area contributed by atoms with E-state index in [0.717, 1.165) is 4.90 Å². The van der Waals surface area contributed by atoms with Crippen molar-refractivity contribution in [3.05, 3.63) is 53.6 Å². The summed E-state index contributed by atoms with van der Waals surface area (Å²) < 4.78 is 15.8. The largest absolute Gasteiger partial charge is 0.493 e. The van der Waals surface area contributed by atoms with Gasteiger partial charge in [-0.3, -0.25) is 19.3 Å². The molecule has 9 nitrogen and oxygen atoms in total. The average Bonchev–Trinajstić information content (AvgIpc) is 3.07. The Hall–Kier alpha value is -3.88. The van der Waals surface area contributed by atoms with Gasteiger partial charge in [-0.2, -0.15) is 0 Å². The molecule has 0 saturated heterocycles. The van der Waals surface area contributed by atoms with E-state index in [1.54, 1.807) is 42.5 Å². The fourth-order valence-electron chi connectivity index (χ4n) is 3.71. The van der Waals surface area contributed by atoms with Gasteiger partial charge in [-0.15, -0.1) is 0 Å². The van der Waals surface area contributed by atoms with E-state index < -0.39 is 35.8 Å². The molecule has 3 amide bonds. The Labute approximate surface area is 198 Å². The summed E-state index contributed by atoms with van der Waals surface area (Å²) in [7, 11) is 2.97. The van der Waals surface area contributed by atoms with Crippen LogP contribution >= 0.6 is 0 Å². The van der Waals surface area contributed by atoms with E-state index in [0.29, 0.717) is 17.2 Å². The summed E-state index contributed by atoms with van der Waals surface area (Å²) in [5.41, 5.74) is 0.909. The summed E-state index contributed by atoms with van der Waals surface area (Å²) in [6, 6.07) is 10.1. The van der Waals surface area contributed by atoms with Crippen LogP contribution in [0, 0.1) is 5.92 Å². The molecular weight excluding hydrogens is 440 g/mol. The monoisotopic (exact) mass is 468 g/mol.